The molecule has 0 spiro atoms. The van der Waals surface area contributed by atoms with Crippen LogP contribution in [0.3, 0.4) is 0 Å². The van der Waals surface area contributed by atoms with E-state index in [9.17, 15) is 0 Å². The summed E-state index contributed by atoms with van der Waals surface area (Å²) in [6.45, 7) is 2.17. The molecule has 0 aromatic rings. The third kappa shape index (κ3) is 5.98. The van der Waals surface area contributed by atoms with Crippen molar-refractivity contribution in [3.05, 3.63) is 23.9 Å². The minimum absolute atomic E-state index is 0.688. The molecular weight excluding hydrogens is 160 g/mol. The average Bonchev–Trinajstić information content (AvgIpc) is 2.10. The van der Waals surface area contributed by atoms with Crippen molar-refractivity contribution in [2.24, 2.45) is 0 Å². The minimum atomic E-state index is 0.688. The number of hydrogen-bond acceptors (Lipinski definition) is 2. The summed E-state index contributed by atoms with van der Waals surface area (Å²) < 4.78 is 0. The molecule has 2 heteroatoms. The van der Waals surface area contributed by atoms with Gasteiger partial charge in [-0.2, -0.15) is 5.26 Å². The van der Waals surface area contributed by atoms with Crippen molar-refractivity contribution in [2.45, 2.75) is 26.2 Å². The molecule has 0 atom stereocenters. The molecule has 0 aliphatic carbocycles. The van der Waals surface area contributed by atoms with Crippen LogP contribution in [0.5, 0.6) is 0 Å². The van der Waals surface area contributed by atoms with Crippen LogP contribution in [0.25, 0.3) is 0 Å². The molecule has 13 heavy (non-hydrogen) atoms. The third-order valence-corrected chi connectivity index (χ3v) is 1.71. The Morgan fingerprint density at radius 2 is 2.15 bits per heavy atom. The van der Waals surface area contributed by atoms with Gasteiger partial charge in [-0.25, -0.2) is 0 Å². The highest BCUT2D eigenvalue weighted by Gasteiger charge is 1.92. The topological polar surface area (TPSA) is 27.0 Å². The molecule has 0 unspecified atom stereocenters. The van der Waals surface area contributed by atoms with Crippen molar-refractivity contribution in [1.29, 1.82) is 5.26 Å². The zero-order valence-electron chi connectivity index (χ0n) is 8.75. The predicted molar refractivity (Wildman–Crippen MR) is 56.0 cm³/mol. The van der Waals surface area contributed by atoms with Crippen molar-refractivity contribution < 1.29 is 0 Å². The van der Waals surface area contributed by atoms with Crippen LogP contribution in [0.4, 0.5) is 0 Å². The summed E-state index contributed by atoms with van der Waals surface area (Å²) >= 11 is 0. The smallest absolute Gasteiger partial charge is 0.117 e. The molecule has 0 rings (SSSR count). The summed E-state index contributed by atoms with van der Waals surface area (Å²) in [5.41, 5.74) is 0.688. The van der Waals surface area contributed by atoms with Gasteiger partial charge < -0.3 is 4.90 Å². The second-order valence-corrected chi connectivity index (χ2v) is 3.13. The first-order valence-electron chi connectivity index (χ1n) is 4.66. The van der Waals surface area contributed by atoms with Gasteiger partial charge in [0.2, 0.25) is 0 Å². The molecule has 72 valence electrons. The molecule has 0 aliphatic rings. The van der Waals surface area contributed by atoms with E-state index in [1.54, 1.807) is 0 Å². The van der Waals surface area contributed by atoms with Crippen LogP contribution in [-0.2, 0) is 0 Å². The highest BCUT2D eigenvalue weighted by atomic mass is 15.1. The molecule has 0 amide bonds. The van der Waals surface area contributed by atoms with E-state index in [-0.39, 0.29) is 0 Å². The average molecular weight is 178 g/mol. The van der Waals surface area contributed by atoms with E-state index in [4.69, 9.17) is 5.26 Å². The third-order valence-electron chi connectivity index (χ3n) is 1.71. The highest BCUT2D eigenvalue weighted by molar-refractivity contribution is 5.23. The van der Waals surface area contributed by atoms with E-state index in [2.05, 4.69) is 19.1 Å². The zero-order chi connectivity index (χ0) is 10.1. The summed E-state index contributed by atoms with van der Waals surface area (Å²) in [5.74, 6) is 0. The molecule has 0 saturated carbocycles. The van der Waals surface area contributed by atoms with Crippen LogP contribution in [0.1, 0.15) is 26.2 Å². The summed E-state index contributed by atoms with van der Waals surface area (Å²) in [4.78, 5) is 1.81. The highest BCUT2D eigenvalue weighted by Crippen LogP contribution is 1.99. The van der Waals surface area contributed by atoms with E-state index in [1.165, 1.54) is 12.8 Å². The molecule has 0 N–H and O–H groups in total. The quantitative estimate of drug-likeness (QED) is 0.367. The Kier molecular flexibility index (Phi) is 6.72. The Balaban J connectivity index is 3.94. The first kappa shape index (κ1) is 11.8. The maximum Gasteiger partial charge on any atom is 0.117 e. The van der Waals surface area contributed by atoms with Crippen molar-refractivity contribution in [1.82, 2.24) is 4.90 Å². The zero-order valence-corrected chi connectivity index (χ0v) is 8.75. The SMILES string of the molecule is CCCC/C=C\C=C(\C#N)N(C)C. The molecule has 0 heterocycles. The summed E-state index contributed by atoms with van der Waals surface area (Å²) in [5, 5.41) is 8.71. The van der Waals surface area contributed by atoms with E-state index < -0.39 is 0 Å². The fourth-order valence-corrected chi connectivity index (χ4v) is 0.864. The second-order valence-electron chi connectivity index (χ2n) is 3.13. The Morgan fingerprint density at radius 3 is 2.62 bits per heavy atom. The number of allylic oxidation sites excluding steroid dienone is 4. The molecule has 0 aromatic carbocycles. The second kappa shape index (κ2) is 7.42. The molecule has 0 fully saturated rings. The maximum atomic E-state index is 8.71. The van der Waals surface area contributed by atoms with Crippen LogP contribution < -0.4 is 0 Å². The lowest BCUT2D eigenvalue weighted by molar-refractivity contribution is 0.533. The lowest BCUT2D eigenvalue weighted by atomic mass is 10.2. The summed E-state index contributed by atoms with van der Waals surface area (Å²) in [6.07, 6.45) is 9.42. The van der Waals surface area contributed by atoms with Gasteiger partial charge in [-0.1, -0.05) is 31.9 Å². The molecule has 0 bridgehead atoms. The van der Waals surface area contributed by atoms with E-state index in [0.717, 1.165) is 6.42 Å². The number of nitrogens with zero attached hydrogens (tertiary/aromatic N) is 2. The standard InChI is InChI=1S/C11H18N2/c1-4-5-6-7-8-9-11(10-12)13(2)3/h7-9H,4-6H2,1-3H3/b8-7-,11-9-. The van der Waals surface area contributed by atoms with Gasteiger partial charge in [-0.15, -0.1) is 0 Å². The lowest BCUT2D eigenvalue weighted by Gasteiger charge is -2.07. The van der Waals surface area contributed by atoms with Crippen LogP contribution in [0.2, 0.25) is 0 Å². The Hall–Kier alpha value is -1.23. The maximum absolute atomic E-state index is 8.71. The van der Waals surface area contributed by atoms with Crippen molar-refractivity contribution in [3.63, 3.8) is 0 Å². The first-order chi connectivity index (χ1) is 6.22. The molecule has 2 nitrogen and oxygen atoms in total. The number of nitriles is 1. The van der Waals surface area contributed by atoms with Gasteiger partial charge in [-0.3, -0.25) is 0 Å². The summed E-state index contributed by atoms with van der Waals surface area (Å²) in [6, 6.07) is 2.13. The van der Waals surface area contributed by atoms with Gasteiger partial charge in [0.05, 0.1) is 0 Å². The van der Waals surface area contributed by atoms with E-state index >= 15 is 0 Å². The predicted octanol–water partition coefficient (Wildman–Crippen LogP) is 2.70. The first-order valence-corrected chi connectivity index (χ1v) is 4.66. The van der Waals surface area contributed by atoms with Gasteiger partial charge in [0, 0.05) is 14.1 Å². The normalized spacial score (nSPS) is 11.7. The number of hydrogen-bond donors (Lipinski definition) is 0. The lowest BCUT2D eigenvalue weighted by Crippen LogP contribution is -2.08. The van der Waals surface area contributed by atoms with Gasteiger partial charge in [-0.05, 0) is 12.5 Å². The Bertz CT molecular complexity index is 219. The van der Waals surface area contributed by atoms with Crippen LogP contribution in [0, 0.1) is 11.3 Å². The van der Waals surface area contributed by atoms with Gasteiger partial charge >= 0.3 is 0 Å². The monoisotopic (exact) mass is 178 g/mol. The van der Waals surface area contributed by atoms with Crippen LogP contribution in [-0.4, -0.2) is 19.0 Å². The summed E-state index contributed by atoms with van der Waals surface area (Å²) in [7, 11) is 3.74. The van der Waals surface area contributed by atoms with Crippen molar-refractivity contribution in [3.8, 4) is 6.07 Å². The number of rotatable bonds is 5. The van der Waals surface area contributed by atoms with Gasteiger partial charge in [0.25, 0.3) is 0 Å². The molecule has 0 radical (unpaired) electrons. The molecule has 0 aromatic heterocycles. The van der Waals surface area contributed by atoms with Crippen molar-refractivity contribution >= 4 is 0 Å². The molecular formula is C11H18N2. The minimum Gasteiger partial charge on any atom is -0.369 e. The fraction of sp³-hybridized carbons (Fsp3) is 0.545. The van der Waals surface area contributed by atoms with E-state index in [0.29, 0.717) is 5.70 Å². The number of unbranched alkanes of at least 4 members (excludes halogenated alkanes) is 2. The molecule has 0 saturated heterocycles. The largest absolute Gasteiger partial charge is 0.369 e. The van der Waals surface area contributed by atoms with Gasteiger partial charge in [0.1, 0.15) is 11.8 Å². The van der Waals surface area contributed by atoms with E-state index in [1.807, 2.05) is 31.1 Å². The van der Waals surface area contributed by atoms with Crippen molar-refractivity contribution in [2.75, 3.05) is 14.1 Å². The Labute approximate surface area is 81.2 Å². The Morgan fingerprint density at radius 1 is 1.46 bits per heavy atom. The van der Waals surface area contributed by atoms with Crippen LogP contribution in [0.15, 0.2) is 23.9 Å². The van der Waals surface area contributed by atoms with Gasteiger partial charge in [0.15, 0.2) is 0 Å². The van der Waals surface area contributed by atoms with Crippen LogP contribution >= 0.6 is 0 Å². The fourth-order valence-electron chi connectivity index (χ4n) is 0.864. The molecule has 0 aliphatic heterocycles.